The molecule has 0 aromatic heterocycles. The summed E-state index contributed by atoms with van der Waals surface area (Å²) in [5, 5.41) is 0.410. The lowest BCUT2D eigenvalue weighted by Gasteiger charge is -2.14. The second-order valence-corrected chi connectivity index (χ2v) is 7.31. The summed E-state index contributed by atoms with van der Waals surface area (Å²) in [4.78, 5) is 12.4. The number of hydrogen-bond acceptors (Lipinski definition) is 4. The highest BCUT2D eigenvalue weighted by molar-refractivity contribution is 6.32. The van der Waals surface area contributed by atoms with Crippen molar-refractivity contribution in [2.45, 2.75) is 13.5 Å². The summed E-state index contributed by atoms with van der Waals surface area (Å²) in [5.74, 6) is 1.12. The van der Waals surface area contributed by atoms with E-state index in [1.165, 1.54) is 0 Å². The Balaban J connectivity index is 1.61. The van der Waals surface area contributed by atoms with E-state index in [1.54, 1.807) is 18.2 Å². The Hall–Kier alpha value is -3.50. The van der Waals surface area contributed by atoms with Gasteiger partial charge in [-0.05, 0) is 42.3 Å². The Morgan fingerprint density at radius 1 is 0.968 bits per heavy atom. The van der Waals surface area contributed by atoms with E-state index in [1.807, 2.05) is 73.7 Å². The molecule has 0 N–H and O–H groups in total. The summed E-state index contributed by atoms with van der Waals surface area (Å²) in [6.45, 7) is 2.72. The predicted octanol–water partition coefficient (Wildman–Crippen LogP) is 6.30. The third-order valence-corrected chi connectivity index (χ3v) is 4.94. The van der Waals surface area contributed by atoms with Crippen LogP contribution in [0.5, 0.6) is 11.5 Å². The van der Waals surface area contributed by atoms with Gasteiger partial charge in [0.05, 0.1) is 17.2 Å². The lowest BCUT2D eigenvalue weighted by Crippen LogP contribution is -2.01. The van der Waals surface area contributed by atoms with E-state index in [0.29, 0.717) is 41.1 Å². The van der Waals surface area contributed by atoms with Crippen LogP contribution in [0.15, 0.2) is 84.4 Å². The minimum Gasteiger partial charge on any atom is -0.490 e. The van der Waals surface area contributed by atoms with Crippen LogP contribution in [-0.2, 0) is 16.1 Å². The Morgan fingerprint density at radius 3 is 2.39 bits per heavy atom. The third kappa shape index (κ3) is 4.98. The molecule has 0 amide bonds. The number of ether oxygens (including phenoxy) is 3. The highest BCUT2D eigenvalue weighted by Crippen LogP contribution is 2.38. The van der Waals surface area contributed by atoms with Crippen LogP contribution < -0.4 is 9.47 Å². The van der Waals surface area contributed by atoms with Crippen molar-refractivity contribution in [1.82, 2.24) is 0 Å². The monoisotopic (exact) mass is 432 g/mol. The Labute approximate surface area is 186 Å². The number of hydrogen-bond donors (Lipinski definition) is 0. The molecule has 4 rings (SSSR count). The number of rotatable bonds is 7. The average molecular weight is 433 g/mol. The summed E-state index contributed by atoms with van der Waals surface area (Å²) in [7, 11) is 0. The van der Waals surface area contributed by atoms with Gasteiger partial charge >= 0.3 is 5.97 Å². The fourth-order valence-corrected chi connectivity index (χ4v) is 3.49. The molecule has 0 saturated heterocycles. The fourth-order valence-electron chi connectivity index (χ4n) is 3.22. The quantitative estimate of drug-likeness (QED) is 0.324. The van der Waals surface area contributed by atoms with Gasteiger partial charge in [-0.25, -0.2) is 4.79 Å². The van der Waals surface area contributed by atoms with Gasteiger partial charge in [-0.2, -0.15) is 0 Å². The largest absolute Gasteiger partial charge is 0.490 e. The number of carbonyl (C=O) groups is 1. The van der Waals surface area contributed by atoms with E-state index in [4.69, 9.17) is 25.8 Å². The lowest BCUT2D eigenvalue weighted by molar-refractivity contribution is -0.130. The minimum absolute atomic E-state index is 0.372. The number of esters is 1. The Bertz CT molecular complexity index is 1130. The van der Waals surface area contributed by atoms with Crippen LogP contribution in [0.4, 0.5) is 0 Å². The second kappa shape index (κ2) is 9.54. The van der Waals surface area contributed by atoms with E-state index < -0.39 is 5.97 Å². The van der Waals surface area contributed by atoms with Gasteiger partial charge in [0, 0.05) is 5.56 Å². The van der Waals surface area contributed by atoms with E-state index in [9.17, 15) is 4.79 Å². The van der Waals surface area contributed by atoms with Crippen LogP contribution >= 0.6 is 11.6 Å². The summed E-state index contributed by atoms with van der Waals surface area (Å²) in [6, 6.07) is 22.9. The normalized spacial score (nSPS) is 14.3. The lowest BCUT2D eigenvalue weighted by atomic mass is 10.1. The highest BCUT2D eigenvalue weighted by atomic mass is 35.5. The molecule has 156 valence electrons. The standard InChI is InChI=1S/C26H21ClO4/c1-2-29-24-15-19(14-22(27)25(24)30-17-18-9-5-3-6-10-18)13-21-16-23(31-26(21)28)20-11-7-4-8-12-20/h3-16H,2,17H2,1H3/b21-13+. The number of carbonyl (C=O) groups excluding carboxylic acids is 1. The van der Waals surface area contributed by atoms with Crippen LogP contribution in [-0.4, -0.2) is 12.6 Å². The van der Waals surface area contributed by atoms with Crippen LogP contribution in [0.25, 0.3) is 11.8 Å². The second-order valence-electron chi connectivity index (χ2n) is 6.90. The molecule has 4 nitrogen and oxygen atoms in total. The molecule has 1 aliphatic heterocycles. The predicted molar refractivity (Wildman–Crippen MR) is 122 cm³/mol. The Kier molecular flexibility index (Phi) is 6.39. The van der Waals surface area contributed by atoms with Gasteiger partial charge in [-0.15, -0.1) is 0 Å². The van der Waals surface area contributed by atoms with Crippen molar-refractivity contribution in [3.8, 4) is 11.5 Å². The van der Waals surface area contributed by atoms with Gasteiger partial charge in [0.25, 0.3) is 0 Å². The van der Waals surface area contributed by atoms with Crippen molar-refractivity contribution >= 4 is 29.4 Å². The summed E-state index contributed by atoms with van der Waals surface area (Å²) in [5.41, 5.74) is 3.03. The molecule has 0 saturated carbocycles. The molecule has 1 aliphatic rings. The highest BCUT2D eigenvalue weighted by Gasteiger charge is 2.22. The molecular formula is C26H21ClO4. The number of halogens is 1. The van der Waals surface area contributed by atoms with Crippen LogP contribution in [0.2, 0.25) is 5.02 Å². The van der Waals surface area contributed by atoms with Crippen LogP contribution in [0.3, 0.4) is 0 Å². The third-order valence-electron chi connectivity index (χ3n) is 4.66. The van der Waals surface area contributed by atoms with E-state index in [-0.39, 0.29) is 0 Å². The molecule has 31 heavy (non-hydrogen) atoms. The summed E-state index contributed by atoms with van der Waals surface area (Å²) < 4.78 is 17.1. The van der Waals surface area contributed by atoms with Gasteiger partial charge in [0.1, 0.15) is 12.4 Å². The van der Waals surface area contributed by atoms with Gasteiger partial charge in [0.15, 0.2) is 11.5 Å². The maximum atomic E-state index is 12.4. The van der Waals surface area contributed by atoms with E-state index in [2.05, 4.69) is 0 Å². The van der Waals surface area contributed by atoms with Gasteiger partial charge in [0.2, 0.25) is 0 Å². The van der Waals surface area contributed by atoms with Crippen molar-refractivity contribution in [3.63, 3.8) is 0 Å². The molecule has 0 atom stereocenters. The number of cyclic esters (lactones) is 1. The van der Waals surface area contributed by atoms with Gasteiger partial charge < -0.3 is 14.2 Å². The molecule has 3 aromatic rings. The summed E-state index contributed by atoms with van der Waals surface area (Å²) >= 11 is 6.52. The first-order chi connectivity index (χ1) is 15.1. The molecule has 0 spiro atoms. The van der Waals surface area contributed by atoms with Crippen LogP contribution in [0, 0.1) is 0 Å². The van der Waals surface area contributed by atoms with Gasteiger partial charge in [-0.1, -0.05) is 72.3 Å². The van der Waals surface area contributed by atoms with Crippen LogP contribution in [0.1, 0.15) is 23.6 Å². The first-order valence-electron chi connectivity index (χ1n) is 9.98. The zero-order chi connectivity index (χ0) is 21.6. The molecule has 3 aromatic carbocycles. The molecule has 0 radical (unpaired) electrons. The molecule has 0 aliphatic carbocycles. The molecule has 0 unspecified atom stereocenters. The maximum absolute atomic E-state index is 12.4. The molecule has 0 fully saturated rings. The van der Waals surface area contributed by atoms with Crippen molar-refractivity contribution in [2.24, 2.45) is 0 Å². The molecule has 0 bridgehead atoms. The van der Waals surface area contributed by atoms with Crippen molar-refractivity contribution in [1.29, 1.82) is 0 Å². The average Bonchev–Trinajstić information content (AvgIpc) is 3.15. The zero-order valence-electron chi connectivity index (χ0n) is 17.0. The van der Waals surface area contributed by atoms with E-state index in [0.717, 1.165) is 16.7 Å². The molecular weight excluding hydrogens is 412 g/mol. The van der Waals surface area contributed by atoms with Crippen molar-refractivity contribution in [3.05, 3.63) is 106 Å². The first-order valence-corrected chi connectivity index (χ1v) is 10.4. The summed E-state index contributed by atoms with van der Waals surface area (Å²) in [6.07, 6.45) is 3.46. The topological polar surface area (TPSA) is 44.8 Å². The van der Waals surface area contributed by atoms with Crippen molar-refractivity contribution < 1.29 is 19.0 Å². The fraction of sp³-hybridized carbons (Fsp3) is 0.115. The maximum Gasteiger partial charge on any atom is 0.343 e. The first kappa shape index (κ1) is 20.8. The van der Waals surface area contributed by atoms with Gasteiger partial charge in [-0.3, -0.25) is 0 Å². The van der Waals surface area contributed by atoms with Crippen molar-refractivity contribution in [2.75, 3.05) is 6.61 Å². The minimum atomic E-state index is -0.405. The zero-order valence-corrected chi connectivity index (χ0v) is 17.8. The number of benzene rings is 3. The molecule has 5 heteroatoms. The van der Waals surface area contributed by atoms with E-state index >= 15 is 0 Å². The Morgan fingerprint density at radius 2 is 1.68 bits per heavy atom. The SMILES string of the molecule is CCOc1cc(/C=C2\C=C(c3ccccc3)OC2=O)cc(Cl)c1OCc1ccccc1. The smallest absolute Gasteiger partial charge is 0.343 e. The molecule has 1 heterocycles.